The second-order valence-corrected chi connectivity index (χ2v) is 7.09. The Morgan fingerprint density at radius 2 is 2.00 bits per heavy atom. The zero-order valence-electron chi connectivity index (χ0n) is 14.7. The molecule has 1 atom stereocenters. The number of nitrogens with one attached hydrogen (secondary N) is 1. The van der Waals surface area contributed by atoms with Crippen molar-refractivity contribution in [2.45, 2.75) is 25.8 Å². The maximum atomic E-state index is 5.25. The van der Waals surface area contributed by atoms with E-state index in [9.17, 15) is 0 Å². The van der Waals surface area contributed by atoms with Crippen LogP contribution in [0.3, 0.4) is 0 Å². The fourth-order valence-electron chi connectivity index (χ4n) is 3.90. The van der Waals surface area contributed by atoms with Gasteiger partial charge >= 0.3 is 0 Å². The fourth-order valence-corrected chi connectivity index (χ4v) is 3.90. The van der Waals surface area contributed by atoms with E-state index in [2.05, 4.69) is 57.6 Å². The average Bonchev–Trinajstić information content (AvgIpc) is 3.10. The van der Waals surface area contributed by atoms with Gasteiger partial charge in [0.25, 0.3) is 0 Å². The summed E-state index contributed by atoms with van der Waals surface area (Å²) in [5.41, 5.74) is 3.90. The van der Waals surface area contributed by atoms with Crippen LogP contribution in [0.1, 0.15) is 24.0 Å². The lowest BCUT2D eigenvalue weighted by atomic mass is 9.90. The third kappa shape index (κ3) is 3.85. The molecule has 130 valence electrons. The van der Waals surface area contributed by atoms with Crippen LogP contribution in [0.2, 0.25) is 0 Å². The van der Waals surface area contributed by atoms with Gasteiger partial charge in [0.2, 0.25) is 0 Å². The van der Waals surface area contributed by atoms with Gasteiger partial charge < -0.3 is 4.74 Å². The van der Waals surface area contributed by atoms with Crippen molar-refractivity contribution in [2.24, 2.45) is 5.92 Å². The zero-order chi connectivity index (χ0) is 17.1. The minimum absolute atomic E-state index is 0.733. The molecular formula is C21H25N3O. The van der Waals surface area contributed by atoms with E-state index in [-0.39, 0.29) is 0 Å². The summed E-state index contributed by atoms with van der Waals surface area (Å²) in [6.45, 7) is 3.40. The highest BCUT2D eigenvalue weighted by Gasteiger charge is 2.20. The Bertz CT molecular complexity index is 825. The molecule has 1 N–H and O–H groups in total. The lowest BCUT2D eigenvalue weighted by molar-refractivity contribution is 0.167. The quantitative estimate of drug-likeness (QED) is 0.765. The predicted molar refractivity (Wildman–Crippen MR) is 101 cm³/mol. The van der Waals surface area contributed by atoms with Gasteiger partial charge in [-0.1, -0.05) is 18.2 Å². The van der Waals surface area contributed by atoms with Crippen molar-refractivity contribution in [2.75, 3.05) is 20.2 Å². The average molecular weight is 335 g/mol. The van der Waals surface area contributed by atoms with Crippen LogP contribution in [-0.4, -0.2) is 35.3 Å². The van der Waals surface area contributed by atoms with Crippen LogP contribution in [0.5, 0.6) is 5.75 Å². The summed E-state index contributed by atoms with van der Waals surface area (Å²) in [7, 11) is 1.71. The molecule has 3 aromatic rings. The maximum absolute atomic E-state index is 5.25. The Morgan fingerprint density at radius 1 is 1.16 bits per heavy atom. The summed E-state index contributed by atoms with van der Waals surface area (Å²) in [5, 5.41) is 8.36. The minimum Gasteiger partial charge on any atom is -0.497 e. The normalized spacial score (nSPS) is 18.5. The second kappa shape index (κ2) is 7.28. The molecule has 4 heteroatoms. The van der Waals surface area contributed by atoms with E-state index in [0.29, 0.717) is 0 Å². The lowest BCUT2D eigenvalue weighted by Crippen LogP contribution is -2.35. The van der Waals surface area contributed by atoms with Crippen LogP contribution in [0.25, 0.3) is 10.9 Å². The molecule has 0 spiro atoms. The zero-order valence-corrected chi connectivity index (χ0v) is 14.7. The third-order valence-corrected chi connectivity index (χ3v) is 5.20. The smallest absolute Gasteiger partial charge is 0.118 e. The molecule has 1 aliphatic heterocycles. The molecule has 0 bridgehead atoms. The summed E-state index contributed by atoms with van der Waals surface area (Å²) < 4.78 is 5.25. The summed E-state index contributed by atoms with van der Waals surface area (Å²) in [5.74, 6) is 1.66. The van der Waals surface area contributed by atoms with Crippen LogP contribution in [-0.2, 0) is 13.0 Å². The number of nitrogens with zero attached hydrogens (tertiary/aromatic N) is 2. The molecule has 25 heavy (non-hydrogen) atoms. The number of aromatic amines is 1. The first-order valence-corrected chi connectivity index (χ1v) is 9.07. The largest absolute Gasteiger partial charge is 0.497 e. The van der Waals surface area contributed by atoms with Crippen molar-refractivity contribution in [1.82, 2.24) is 15.1 Å². The van der Waals surface area contributed by atoms with Gasteiger partial charge in [-0.3, -0.25) is 10.00 Å². The number of hydrogen-bond donors (Lipinski definition) is 1. The van der Waals surface area contributed by atoms with Crippen LogP contribution in [0, 0.1) is 5.92 Å². The number of aromatic nitrogens is 2. The van der Waals surface area contributed by atoms with Crippen LogP contribution < -0.4 is 4.74 Å². The molecule has 2 aromatic carbocycles. The maximum Gasteiger partial charge on any atom is 0.118 e. The van der Waals surface area contributed by atoms with Gasteiger partial charge in [-0.2, -0.15) is 5.10 Å². The lowest BCUT2D eigenvalue weighted by Gasteiger charge is -2.33. The number of benzene rings is 2. The third-order valence-electron chi connectivity index (χ3n) is 5.20. The van der Waals surface area contributed by atoms with E-state index in [0.717, 1.165) is 30.1 Å². The van der Waals surface area contributed by atoms with Crippen molar-refractivity contribution in [1.29, 1.82) is 0 Å². The van der Waals surface area contributed by atoms with E-state index in [1.807, 2.05) is 6.20 Å². The first-order valence-electron chi connectivity index (χ1n) is 9.07. The highest BCUT2D eigenvalue weighted by molar-refractivity contribution is 5.78. The van der Waals surface area contributed by atoms with Gasteiger partial charge in [-0.05, 0) is 67.1 Å². The van der Waals surface area contributed by atoms with Gasteiger partial charge in [-0.15, -0.1) is 0 Å². The molecule has 2 heterocycles. The van der Waals surface area contributed by atoms with Crippen molar-refractivity contribution in [3.05, 3.63) is 59.8 Å². The highest BCUT2D eigenvalue weighted by atomic mass is 16.5. The molecule has 0 saturated carbocycles. The SMILES string of the molecule is COc1ccc(CN2CCC[C@@H](Cc3ccc4[nH]ncc4c3)C2)cc1. The standard InChI is InChI=1S/C21H25N3O/c1-25-20-7-4-16(5-8-20)14-24-10-2-3-18(15-24)11-17-6-9-21-19(12-17)13-22-23-21/h4-9,12-13,18H,2-3,10-11,14-15H2,1H3,(H,22,23)/t18-/m0/s1. The Balaban J connectivity index is 1.38. The molecule has 1 aromatic heterocycles. The first kappa shape index (κ1) is 16.2. The Kier molecular flexibility index (Phi) is 4.70. The van der Waals surface area contributed by atoms with Crippen LogP contribution in [0.15, 0.2) is 48.7 Å². The molecular weight excluding hydrogens is 310 g/mol. The minimum atomic E-state index is 0.733. The van der Waals surface area contributed by atoms with E-state index in [4.69, 9.17) is 4.74 Å². The number of piperidine rings is 1. The number of rotatable bonds is 5. The Hall–Kier alpha value is -2.33. The molecule has 0 radical (unpaired) electrons. The van der Waals surface area contributed by atoms with Crippen LogP contribution in [0.4, 0.5) is 0 Å². The predicted octanol–water partition coefficient (Wildman–Crippen LogP) is 4.03. The molecule has 1 fully saturated rings. The van der Waals surface area contributed by atoms with Gasteiger partial charge in [0.1, 0.15) is 5.75 Å². The molecule has 0 amide bonds. The van der Waals surface area contributed by atoms with Gasteiger partial charge in [0.15, 0.2) is 0 Å². The summed E-state index contributed by atoms with van der Waals surface area (Å²) in [6, 6.07) is 15.1. The van der Waals surface area contributed by atoms with Gasteiger partial charge in [-0.25, -0.2) is 0 Å². The molecule has 0 aliphatic carbocycles. The number of hydrogen-bond acceptors (Lipinski definition) is 3. The number of ether oxygens (including phenoxy) is 1. The number of H-pyrrole nitrogens is 1. The van der Waals surface area contributed by atoms with Crippen molar-refractivity contribution < 1.29 is 4.74 Å². The topological polar surface area (TPSA) is 41.1 Å². The molecule has 0 unspecified atom stereocenters. The van der Waals surface area contributed by atoms with E-state index < -0.39 is 0 Å². The molecule has 1 saturated heterocycles. The number of methoxy groups -OCH3 is 1. The molecule has 4 nitrogen and oxygen atoms in total. The van der Waals surface area contributed by atoms with E-state index >= 15 is 0 Å². The fraction of sp³-hybridized carbons (Fsp3) is 0.381. The van der Waals surface area contributed by atoms with E-state index in [1.165, 1.54) is 42.4 Å². The molecule has 4 rings (SSSR count). The molecule has 1 aliphatic rings. The van der Waals surface area contributed by atoms with Crippen LogP contribution >= 0.6 is 0 Å². The second-order valence-electron chi connectivity index (χ2n) is 7.09. The van der Waals surface area contributed by atoms with E-state index in [1.54, 1.807) is 7.11 Å². The summed E-state index contributed by atoms with van der Waals surface area (Å²) in [6.07, 6.45) is 5.67. The number of likely N-dealkylation sites (tertiary alicyclic amines) is 1. The van der Waals surface area contributed by atoms with Gasteiger partial charge in [0.05, 0.1) is 18.8 Å². The summed E-state index contributed by atoms with van der Waals surface area (Å²) in [4.78, 5) is 2.59. The first-order chi connectivity index (χ1) is 12.3. The Labute approximate surface area is 148 Å². The van der Waals surface area contributed by atoms with Crippen molar-refractivity contribution in [3.63, 3.8) is 0 Å². The van der Waals surface area contributed by atoms with Crippen molar-refractivity contribution >= 4 is 10.9 Å². The highest BCUT2D eigenvalue weighted by Crippen LogP contribution is 2.24. The monoisotopic (exact) mass is 335 g/mol. The number of fused-ring (bicyclic) bond motifs is 1. The van der Waals surface area contributed by atoms with Crippen molar-refractivity contribution in [3.8, 4) is 5.75 Å². The summed E-state index contributed by atoms with van der Waals surface area (Å²) >= 11 is 0. The van der Waals surface area contributed by atoms with Gasteiger partial charge in [0, 0.05) is 18.5 Å². The Morgan fingerprint density at radius 3 is 2.84 bits per heavy atom.